The Hall–Kier alpha value is -0.380. The van der Waals surface area contributed by atoms with Gasteiger partial charge >= 0.3 is 0 Å². The van der Waals surface area contributed by atoms with Crippen LogP contribution in [-0.4, -0.2) is 0 Å². The van der Waals surface area contributed by atoms with E-state index in [0.29, 0.717) is 0 Å². The molecule has 1 aromatic carbocycles. The fourth-order valence-electron chi connectivity index (χ4n) is 2.07. The lowest BCUT2D eigenvalue weighted by molar-refractivity contribution is 0.616. The first kappa shape index (κ1) is 11.1. The van der Waals surface area contributed by atoms with Crippen molar-refractivity contribution in [3.8, 4) is 0 Å². The van der Waals surface area contributed by atoms with Gasteiger partial charge in [0, 0.05) is 3.57 Å². The smallest absolute Gasteiger partial charge is 0.136 e. The molecule has 2 rings (SSSR count). The Bertz CT molecular complexity index is 407. The lowest BCUT2D eigenvalue weighted by Crippen LogP contribution is -2.04. The number of benzene rings is 1. The van der Waals surface area contributed by atoms with Crippen molar-refractivity contribution in [3.05, 3.63) is 44.3 Å². The highest BCUT2D eigenvalue weighted by Gasteiger charge is 2.13. The first-order valence-corrected chi connectivity index (χ1v) is 6.43. The minimum absolute atomic E-state index is 0.0768. The third-order valence-corrected chi connectivity index (χ3v) is 3.67. The van der Waals surface area contributed by atoms with Crippen LogP contribution in [0.4, 0.5) is 4.39 Å². The molecule has 0 saturated carbocycles. The van der Waals surface area contributed by atoms with Crippen LogP contribution in [0.15, 0.2) is 23.8 Å². The minimum Gasteiger partial charge on any atom is -0.206 e. The average molecular weight is 316 g/mol. The molecule has 0 N–H and O–H groups in total. The van der Waals surface area contributed by atoms with E-state index in [-0.39, 0.29) is 5.82 Å². The van der Waals surface area contributed by atoms with Gasteiger partial charge in [-0.2, -0.15) is 0 Å². The zero-order valence-corrected chi connectivity index (χ0v) is 11.0. The van der Waals surface area contributed by atoms with Crippen molar-refractivity contribution in [2.45, 2.75) is 32.6 Å². The average Bonchev–Trinajstić information content (AvgIpc) is 2.21. The van der Waals surface area contributed by atoms with Crippen molar-refractivity contribution in [1.29, 1.82) is 0 Å². The summed E-state index contributed by atoms with van der Waals surface area (Å²) in [6.07, 6.45) is 6.54. The first-order chi connectivity index (χ1) is 7.20. The highest BCUT2D eigenvalue weighted by atomic mass is 127. The summed E-state index contributed by atoms with van der Waals surface area (Å²) in [7, 11) is 0. The monoisotopic (exact) mass is 316 g/mol. The van der Waals surface area contributed by atoms with E-state index in [1.807, 2.05) is 6.07 Å². The van der Waals surface area contributed by atoms with E-state index in [0.717, 1.165) is 22.8 Å². The summed E-state index contributed by atoms with van der Waals surface area (Å²) >= 11 is 2.06. The Kier molecular flexibility index (Phi) is 3.44. The maximum atomic E-state index is 13.4. The number of fused-ring (bicyclic) bond motifs is 1. The summed E-state index contributed by atoms with van der Waals surface area (Å²) in [6, 6.07) is 3.68. The molecule has 0 atom stereocenters. The SMILES string of the molecule is CCCC1=CCc2cc(I)c(F)cc2C1. The van der Waals surface area contributed by atoms with Gasteiger partial charge in [0.15, 0.2) is 0 Å². The number of hydrogen-bond donors (Lipinski definition) is 0. The van der Waals surface area contributed by atoms with Gasteiger partial charge in [-0.3, -0.25) is 0 Å². The molecule has 80 valence electrons. The molecule has 0 nitrogen and oxygen atoms in total. The van der Waals surface area contributed by atoms with Crippen LogP contribution in [-0.2, 0) is 12.8 Å². The second kappa shape index (κ2) is 4.64. The molecular weight excluding hydrogens is 302 g/mol. The molecule has 0 fully saturated rings. The third-order valence-electron chi connectivity index (χ3n) is 2.84. The maximum Gasteiger partial charge on any atom is 0.136 e. The Morgan fingerprint density at radius 1 is 1.33 bits per heavy atom. The Morgan fingerprint density at radius 3 is 2.87 bits per heavy atom. The van der Waals surface area contributed by atoms with Gasteiger partial charge < -0.3 is 0 Å². The summed E-state index contributed by atoms with van der Waals surface area (Å²) in [4.78, 5) is 0. The minimum atomic E-state index is -0.0768. The molecule has 0 heterocycles. The predicted octanol–water partition coefficient (Wildman–Crippen LogP) is 4.26. The molecule has 15 heavy (non-hydrogen) atoms. The number of hydrogen-bond acceptors (Lipinski definition) is 0. The molecule has 0 spiro atoms. The highest BCUT2D eigenvalue weighted by Crippen LogP contribution is 2.26. The number of allylic oxidation sites excluding steroid dienone is 2. The van der Waals surface area contributed by atoms with Gasteiger partial charge in [0.25, 0.3) is 0 Å². The molecule has 0 amide bonds. The lowest BCUT2D eigenvalue weighted by atomic mass is 9.90. The fourth-order valence-corrected chi connectivity index (χ4v) is 2.60. The van der Waals surface area contributed by atoms with Crippen molar-refractivity contribution in [3.63, 3.8) is 0 Å². The van der Waals surface area contributed by atoms with E-state index in [9.17, 15) is 4.39 Å². The largest absolute Gasteiger partial charge is 0.206 e. The van der Waals surface area contributed by atoms with E-state index >= 15 is 0 Å². The van der Waals surface area contributed by atoms with Crippen LogP contribution < -0.4 is 0 Å². The van der Waals surface area contributed by atoms with Gasteiger partial charge in [-0.15, -0.1) is 0 Å². The van der Waals surface area contributed by atoms with Gasteiger partial charge in [-0.1, -0.05) is 25.0 Å². The van der Waals surface area contributed by atoms with Crippen LogP contribution in [0.2, 0.25) is 0 Å². The molecule has 1 aromatic rings. The van der Waals surface area contributed by atoms with Crippen LogP contribution in [0, 0.1) is 9.39 Å². The zero-order valence-electron chi connectivity index (χ0n) is 8.82. The standard InChI is InChI=1S/C13H14FI/c1-2-3-9-4-5-10-8-13(15)12(14)7-11(10)6-9/h4,7-8H,2-3,5-6H2,1H3. The van der Waals surface area contributed by atoms with E-state index in [1.54, 1.807) is 6.07 Å². The molecule has 0 aromatic heterocycles. The van der Waals surface area contributed by atoms with Crippen LogP contribution in [0.3, 0.4) is 0 Å². The van der Waals surface area contributed by atoms with Crippen molar-refractivity contribution in [1.82, 2.24) is 0 Å². The summed E-state index contributed by atoms with van der Waals surface area (Å²) in [5, 5.41) is 0. The molecule has 2 heteroatoms. The fraction of sp³-hybridized carbons (Fsp3) is 0.385. The number of halogens is 2. The van der Waals surface area contributed by atoms with Gasteiger partial charge in [-0.05, 0) is 65.1 Å². The second-order valence-electron chi connectivity index (χ2n) is 4.03. The first-order valence-electron chi connectivity index (χ1n) is 5.35. The van der Waals surface area contributed by atoms with Crippen molar-refractivity contribution in [2.24, 2.45) is 0 Å². The Labute approximate surface area is 104 Å². The van der Waals surface area contributed by atoms with Crippen LogP contribution in [0.25, 0.3) is 0 Å². The third kappa shape index (κ3) is 2.41. The molecule has 0 bridgehead atoms. The molecular formula is C13H14FI. The summed E-state index contributed by atoms with van der Waals surface area (Å²) in [5.74, 6) is -0.0768. The van der Waals surface area contributed by atoms with Gasteiger partial charge in [-0.25, -0.2) is 4.39 Å². The van der Waals surface area contributed by atoms with Crippen LogP contribution in [0.1, 0.15) is 30.9 Å². The Morgan fingerprint density at radius 2 is 2.13 bits per heavy atom. The second-order valence-corrected chi connectivity index (χ2v) is 5.19. The normalized spacial score (nSPS) is 14.7. The molecule has 0 aliphatic heterocycles. The molecule has 1 aliphatic carbocycles. The van der Waals surface area contributed by atoms with Crippen LogP contribution in [0.5, 0.6) is 0 Å². The predicted molar refractivity (Wildman–Crippen MR) is 69.5 cm³/mol. The van der Waals surface area contributed by atoms with E-state index in [2.05, 4.69) is 35.6 Å². The molecule has 1 aliphatic rings. The van der Waals surface area contributed by atoms with Crippen molar-refractivity contribution >= 4 is 22.6 Å². The topological polar surface area (TPSA) is 0 Å². The van der Waals surface area contributed by atoms with E-state index in [4.69, 9.17) is 0 Å². The van der Waals surface area contributed by atoms with Gasteiger partial charge in [0.05, 0.1) is 0 Å². The van der Waals surface area contributed by atoms with Gasteiger partial charge in [0.1, 0.15) is 5.82 Å². The number of rotatable bonds is 2. The molecule has 0 radical (unpaired) electrons. The Balaban J connectivity index is 2.28. The van der Waals surface area contributed by atoms with Crippen molar-refractivity contribution in [2.75, 3.05) is 0 Å². The zero-order chi connectivity index (χ0) is 10.8. The maximum absolute atomic E-state index is 13.4. The quantitative estimate of drug-likeness (QED) is 0.565. The molecule has 0 unspecified atom stereocenters. The van der Waals surface area contributed by atoms with Gasteiger partial charge in [0.2, 0.25) is 0 Å². The summed E-state index contributed by atoms with van der Waals surface area (Å²) < 4.78 is 14.1. The highest BCUT2D eigenvalue weighted by molar-refractivity contribution is 14.1. The summed E-state index contributed by atoms with van der Waals surface area (Å²) in [5.41, 5.74) is 3.94. The van der Waals surface area contributed by atoms with E-state index in [1.165, 1.54) is 23.1 Å². The van der Waals surface area contributed by atoms with E-state index < -0.39 is 0 Å². The summed E-state index contributed by atoms with van der Waals surface area (Å²) in [6.45, 7) is 2.19. The lowest BCUT2D eigenvalue weighted by Gasteiger charge is -2.17. The van der Waals surface area contributed by atoms with Crippen molar-refractivity contribution < 1.29 is 4.39 Å². The van der Waals surface area contributed by atoms with Crippen LogP contribution >= 0.6 is 22.6 Å². The molecule has 0 saturated heterocycles.